The summed E-state index contributed by atoms with van der Waals surface area (Å²) in [6.45, 7) is 3.75. The molecule has 0 bridgehead atoms. The van der Waals surface area contributed by atoms with Crippen molar-refractivity contribution in [3.8, 4) is 11.5 Å². The van der Waals surface area contributed by atoms with Gasteiger partial charge in [-0.25, -0.2) is 4.79 Å². The second-order valence-electron chi connectivity index (χ2n) is 4.78. The van der Waals surface area contributed by atoms with Crippen LogP contribution in [0, 0.1) is 13.8 Å². The van der Waals surface area contributed by atoms with Crippen LogP contribution in [0.15, 0.2) is 48.5 Å². The number of benzene rings is 2. The third-order valence-electron chi connectivity index (χ3n) is 2.77. The molecule has 0 spiro atoms. The summed E-state index contributed by atoms with van der Waals surface area (Å²) in [4.78, 5) is 21.7. The second kappa shape index (κ2) is 7.11. The molecule has 7 heteroatoms. The Bertz CT molecular complexity index is 685. The summed E-state index contributed by atoms with van der Waals surface area (Å²) in [5.41, 5.74) is 1.94. The van der Waals surface area contributed by atoms with Crippen molar-refractivity contribution in [1.82, 2.24) is 0 Å². The van der Waals surface area contributed by atoms with Crippen LogP contribution in [0.1, 0.15) is 11.1 Å². The lowest BCUT2D eigenvalue weighted by atomic mass is 10.2. The molecule has 0 unspecified atom stereocenters. The zero-order valence-corrected chi connectivity index (χ0v) is 13.5. The number of carbonyl (C=O) groups is 2. The van der Waals surface area contributed by atoms with Crippen LogP contribution in [0.3, 0.4) is 0 Å². The average molecular weight is 334 g/mol. The van der Waals surface area contributed by atoms with Gasteiger partial charge >= 0.3 is 13.8 Å². The number of hydrogen-bond donors (Lipinski definition) is 0. The van der Waals surface area contributed by atoms with Crippen LogP contribution in [0.2, 0.25) is 0 Å². The van der Waals surface area contributed by atoms with Crippen LogP contribution in [-0.4, -0.2) is 12.3 Å². The van der Waals surface area contributed by atoms with Crippen LogP contribution in [0.4, 0.5) is 0 Å². The van der Waals surface area contributed by atoms with Crippen molar-refractivity contribution in [2.45, 2.75) is 13.8 Å². The quantitative estimate of drug-likeness (QED) is 0.456. The Labute approximate surface area is 133 Å². The van der Waals surface area contributed by atoms with E-state index in [0.717, 1.165) is 11.1 Å². The van der Waals surface area contributed by atoms with Crippen molar-refractivity contribution in [3.05, 3.63) is 59.7 Å². The van der Waals surface area contributed by atoms with Crippen molar-refractivity contribution >= 4 is 20.1 Å². The third-order valence-corrected chi connectivity index (χ3v) is 4.05. The number of aldehydes is 1. The maximum Gasteiger partial charge on any atom is 0.649 e. The first-order valence-corrected chi connectivity index (χ1v) is 8.17. The summed E-state index contributed by atoms with van der Waals surface area (Å²) < 4.78 is 27.6. The Morgan fingerprint density at radius 3 is 1.61 bits per heavy atom. The Hall–Kier alpha value is -2.59. The molecule has 2 aromatic rings. The molecule has 0 saturated heterocycles. The number of phosphoric ester groups is 1. The van der Waals surface area contributed by atoms with Crippen molar-refractivity contribution in [2.75, 3.05) is 0 Å². The van der Waals surface area contributed by atoms with Gasteiger partial charge in [-0.1, -0.05) is 35.4 Å². The van der Waals surface area contributed by atoms with E-state index in [1.165, 1.54) is 0 Å². The maximum atomic E-state index is 12.6. The third kappa shape index (κ3) is 4.97. The Kier molecular flexibility index (Phi) is 5.19. The molecule has 6 nitrogen and oxygen atoms in total. The summed E-state index contributed by atoms with van der Waals surface area (Å²) in [5.74, 6) is -0.970. The van der Waals surface area contributed by atoms with Gasteiger partial charge in [0.25, 0.3) is 0 Å². The molecule has 0 N–H and O–H groups in total. The lowest BCUT2D eigenvalue weighted by molar-refractivity contribution is -0.142. The van der Waals surface area contributed by atoms with Gasteiger partial charge in [-0.15, -0.1) is 0 Å². The van der Waals surface area contributed by atoms with E-state index in [9.17, 15) is 14.2 Å². The summed E-state index contributed by atoms with van der Waals surface area (Å²) in [6.07, 6.45) is -0.107. The first-order valence-electron chi connectivity index (χ1n) is 6.71. The van der Waals surface area contributed by atoms with Crippen LogP contribution >= 0.6 is 7.82 Å². The van der Waals surface area contributed by atoms with Gasteiger partial charge in [0.15, 0.2) is 0 Å². The highest BCUT2D eigenvalue weighted by Crippen LogP contribution is 2.49. The number of carbonyl (C=O) groups excluding carboxylic acids is 2. The van der Waals surface area contributed by atoms with Crippen molar-refractivity contribution in [2.24, 2.45) is 0 Å². The van der Waals surface area contributed by atoms with Crippen molar-refractivity contribution in [1.29, 1.82) is 0 Å². The molecule has 0 atom stereocenters. The monoisotopic (exact) mass is 334 g/mol. The summed E-state index contributed by atoms with van der Waals surface area (Å²) >= 11 is 0. The molecule has 0 radical (unpaired) electrons. The lowest BCUT2D eigenvalue weighted by Gasteiger charge is -2.17. The van der Waals surface area contributed by atoms with Crippen LogP contribution in [0.5, 0.6) is 11.5 Å². The fraction of sp³-hybridized carbons (Fsp3) is 0.125. The smallest absolute Gasteiger partial charge is 0.386 e. The Morgan fingerprint density at radius 2 is 1.26 bits per heavy atom. The van der Waals surface area contributed by atoms with Crippen LogP contribution < -0.4 is 9.05 Å². The highest BCUT2D eigenvalue weighted by molar-refractivity contribution is 7.50. The number of rotatable bonds is 6. The molecule has 0 saturated carbocycles. The van der Waals surface area contributed by atoms with Crippen molar-refractivity contribution in [3.63, 3.8) is 0 Å². The normalized spacial score (nSPS) is 10.7. The van der Waals surface area contributed by atoms with E-state index in [4.69, 9.17) is 9.05 Å². The first-order chi connectivity index (χ1) is 10.9. The molecular weight excluding hydrogens is 319 g/mol. The fourth-order valence-electron chi connectivity index (χ4n) is 1.64. The molecule has 23 heavy (non-hydrogen) atoms. The first kappa shape index (κ1) is 16.8. The molecular formula is C16H15O6P. The van der Waals surface area contributed by atoms with E-state index in [2.05, 4.69) is 4.52 Å². The Morgan fingerprint density at radius 1 is 0.870 bits per heavy atom. The van der Waals surface area contributed by atoms with E-state index in [1.807, 2.05) is 13.8 Å². The SMILES string of the molecule is Cc1ccc(OP(=O)(OC(=O)C=O)Oc2ccc(C)cc2)cc1. The van der Waals surface area contributed by atoms with Crippen LogP contribution in [0.25, 0.3) is 0 Å². The molecule has 2 rings (SSSR count). The van der Waals surface area contributed by atoms with Gasteiger partial charge in [-0.3, -0.25) is 4.79 Å². The van der Waals surface area contributed by atoms with Gasteiger partial charge in [0.1, 0.15) is 11.5 Å². The molecule has 0 aliphatic heterocycles. The zero-order chi connectivity index (χ0) is 16.9. The van der Waals surface area contributed by atoms with Gasteiger partial charge in [-0.2, -0.15) is 4.57 Å². The number of hydrogen-bond acceptors (Lipinski definition) is 6. The summed E-state index contributed by atoms with van der Waals surface area (Å²) in [7, 11) is -4.35. The highest BCUT2D eigenvalue weighted by atomic mass is 31.2. The summed E-state index contributed by atoms with van der Waals surface area (Å²) in [5, 5.41) is 0. The van der Waals surface area contributed by atoms with E-state index in [0.29, 0.717) is 0 Å². The molecule has 0 fully saturated rings. The molecule has 2 aromatic carbocycles. The minimum absolute atomic E-state index is 0.107. The summed E-state index contributed by atoms with van der Waals surface area (Å²) in [6, 6.07) is 13.1. The molecule has 0 amide bonds. The standard InChI is InChI=1S/C16H15O6P/c1-12-3-7-14(8-4-12)20-23(19,22-16(18)11-17)21-15-9-5-13(2)6-10-15/h3-11H,1-2H3. The molecule has 0 aliphatic rings. The van der Waals surface area contributed by atoms with Gasteiger partial charge in [0.05, 0.1) is 0 Å². The van der Waals surface area contributed by atoms with Gasteiger partial charge in [0.2, 0.25) is 6.29 Å². The maximum absolute atomic E-state index is 12.6. The molecule has 0 aliphatic carbocycles. The second-order valence-corrected chi connectivity index (χ2v) is 6.23. The van der Waals surface area contributed by atoms with Gasteiger partial charge < -0.3 is 13.6 Å². The highest BCUT2D eigenvalue weighted by Gasteiger charge is 2.35. The largest absolute Gasteiger partial charge is 0.649 e. The van der Waals surface area contributed by atoms with Gasteiger partial charge in [-0.05, 0) is 38.1 Å². The van der Waals surface area contributed by atoms with Crippen molar-refractivity contribution < 1.29 is 27.7 Å². The van der Waals surface area contributed by atoms with E-state index >= 15 is 0 Å². The number of aryl methyl sites for hydroxylation is 2. The average Bonchev–Trinajstić information content (AvgIpc) is 2.51. The topological polar surface area (TPSA) is 78.9 Å². The van der Waals surface area contributed by atoms with Crippen LogP contribution in [-0.2, 0) is 18.7 Å². The Balaban J connectivity index is 2.25. The molecule has 0 aromatic heterocycles. The fourth-order valence-corrected chi connectivity index (χ4v) is 2.78. The van der Waals surface area contributed by atoms with Gasteiger partial charge in [0, 0.05) is 0 Å². The predicted octanol–water partition coefficient (Wildman–Crippen LogP) is 3.61. The van der Waals surface area contributed by atoms with E-state index in [-0.39, 0.29) is 17.8 Å². The minimum Gasteiger partial charge on any atom is -0.386 e. The van der Waals surface area contributed by atoms with E-state index in [1.54, 1.807) is 48.5 Å². The molecule has 0 heterocycles. The zero-order valence-electron chi connectivity index (χ0n) is 12.6. The predicted molar refractivity (Wildman–Crippen MR) is 83.4 cm³/mol. The molecule has 120 valence electrons. The minimum atomic E-state index is -4.35. The lowest BCUT2D eigenvalue weighted by Crippen LogP contribution is -2.11. The number of phosphoric acid groups is 1. The van der Waals surface area contributed by atoms with E-state index < -0.39 is 13.8 Å².